The number of hydrogen-bond donors (Lipinski definition) is 10. The Morgan fingerprint density at radius 2 is 1.28 bits per heavy atom. The fourth-order valence-electron chi connectivity index (χ4n) is 2.57. The van der Waals surface area contributed by atoms with Crippen LogP contribution in [0.25, 0.3) is 0 Å². The van der Waals surface area contributed by atoms with E-state index in [1.165, 1.54) is 0 Å². The van der Waals surface area contributed by atoms with E-state index in [9.17, 15) is 35.7 Å². The van der Waals surface area contributed by atoms with Crippen LogP contribution in [0.1, 0.15) is 0 Å². The molecule has 2 rings (SSSR count). The molecule has 0 radical (unpaired) electrons. The van der Waals surface area contributed by atoms with Gasteiger partial charge in [0.25, 0.3) is 7.82 Å². The topological polar surface area (TPSA) is 270 Å². The predicted molar refractivity (Wildman–Crippen MR) is 80.7 cm³/mol. The summed E-state index contributed by atoms with van der Waals surface area (Å²) in [4.78, 5) is 22.9. The summed E-state index contributed by atoms with van der Waals surface area (Å²) in [7, 11) is -4.89. The third kappa shape index (κ3) is 8.61. The Morgan fingerprint density at radius 1 is 0.793 bits per heavy atom. The zero-order valence-electron chi connectivity index (χ0n) is 15.1. The van der Waals surface area contributed by atoms with Crippen molar-refractivity contribution in [2.24, 2.45) is 0 Å². The first-order chi connectivity index (χ1) is 12.8. The van der Waals surface area contributed by atoms with Crippen molar-refractivity contribution in [1.29, 1.82) is 0 Å². The standard InChI is InChI=1S/C12H22O11.Na.H3O4P/c13-1-3-5(15)6(16)9(19)12(22-3)23-10-4(2-14)21-11(20)8(18)7(10)17;;1-5(2,3)4/h3-20H,1-2H2;;(H3,1,2,3,4)/q;+1;/p-1. The number of aliphatic hydroxyl groups is 8. The number of aliphatic hydroxyl groups excluding tert-OH is 8. The molecule has 0 saturated carbocycles. The Hall–Kier alpha value is 0.670. The van der Waals surface area contributed by atoms with Gasteiger partial charge in [-0.1, -0.05) is 0 Å². The maximum Gasteiger partial charge on any atom is 1.00 e. The van der Waals surface area contributed by atoms with Gasteiger partial charge >= 0.3 is 29.6 Å². The fourth-order valence-corrected chi connectivity index (χ4v) is 2.57. The third-order valence-electron chi connectivity index (χ3n) is 3.98. The van der Waals surface area contributed by atoms with Gasteiger partial charge in [0.1, 0.15) is 48.8 Å². The van der Waals surface area contributed by atoms with Crippen LogP contribution in [0.3, 0.4) is 0 Å². The Balaban J connectivity index is 0.00000117. The molecule has 0 aromatic heterocycles. The van der Waals surface area contributed by atoms with E-state index in [4.69, 9.17) is 38.6 Å². The van der Waals surface area contributed by atoms with E-state index in [1.54, 1.807) is 0 Å². The van der Waals surface area contributed by atoms with Crippen molar-refractivity contribution in [3.63, 3.8) is 0 Å². The van der Waals surface area contributed by atoms with Gasteiger partial charge in [0.05, 0.1) is 13.2 Å². The average molecular weight is 462 g/mol. The van der Waals surface area contributed by atoms with Gasteiger partial charge in [0.15, 0.2) is 12.6 Å². The summed E-state index contributed by atoms with van der Waals surface area (Å²) in [5.74, 6) is 0. The van der Waals surface area contributed by atoms with Gasteiger partial charge in [0.2, 0.25) is 0 Å². The van der Waals surface area contributed by atoms with Crippen molar-refractivity contribution in [2.75, 3.05) is 13.2 Å². The minimum Gasteiger partial charge on any atom is -0.756 e. The molecule has 0 aromatic rings. The maximum absolute atomic E-state index is 9.94. The molecular formula is C12H24NaO15P. The molecular weight excluding hydrogens is 438 g/mol. The van der Waals surface area contributed by atoms with Gasteiger partial charge in [-0.3, -0.25) is 4.57 Å². The van der Waals surface area contributed by atoms with E-state index in [2.05, 4.69) is 0 Å². The van der Waals surface area contributed by atoms with E-state index < -0.39 is 82.4 Å². The van der Waals surface area contributed by atoms with Crippen molar-refractivity contribution >= 4 is 7.82 Å². The quantitative estimate of drug-likeness (QED) is 0.137. The van der Waals surface area contributed by atoms with Crippen LogP contribution in [0, 0.1) is 0 Å². The van der Waals surface area contributed by atoms with E-state index in [0.717, 1.165) is 0 Å². The molecule has 2 aliphatic heterocycles. The van der Waals surface area contributed by atoms with Crippen molar-refractivity contribution in [3.05, 3.63) is 0 Å². The summed E-state index contributed by atoms with van der Waals surface area (Å²) >= 11 is 0. The smallest absolute Gasteiger partial charge is 0.756 e. The second-order valence-corrected chi connectivity index (χ2v) is 7.00. The molecule has 10 unspecified atom stereocenters. The van der Waals surface area contributed by atoms with Crippen molar-refractivity contribution in [1.82, 2.24) is 0 Å². The van der Waals surface area contributed by atoms with Crippen LogP contribution in [-0.2, 0) is 18.8 Å². The zero-order chi connectivity index (χ0) is 21.8. The molecule has 2 fully saturated rings. The van der Waals surface area contributed by atoms with Crippen molar-refractivity contribution in [3.8, 4) is 0 Å². The minimum absolute atomic E-state index is 0. The summed E-state index contributed by atoms with van der Waals surface area (Å²) in [5, 5.41) is 76.5. The monoisotopic (exact) mass is 462 g/mol. The van der Waals surface area contributed by atoms with Crippen LogP contribution in [-0.4, -0.2) is 125 Å². The van der Waals surface area contributed by atoms with Crippen LogP contribution in [0.5, 0.6) is 0 Å². The molecule has 10 atom stereocenters. The molecule has 29 heavy (non-hydrogen) atoms. The van der Waals surface area contributed by atoms with Crippen LogP contribution in [0.15, 0.2) is 0 Å². The molecule has 0 aliphatic carbocycles. The van der Waals surface area contributed by atoms with Crippen molar-refractivity contribution in [2.45, 2.75) is 61.4 Å². The van der Waals surface area contributed by atoms with Gasteiger partial charge in [-0.25, -0.2) is 0 Å². The van der Waals surface area contributed by atoms with E-state index >= 15 is 0 Å². The van der Waals surface area contributed by atoms with Crippen LogP contribution in [0.4, 0.5) is 0 Å². The maximum atomic E-state index is 9.94. The molecule has 168 valence electrons. The molecule has 15 nitrogen and oxygen atoms in total. The van der Waals surface area contributed by atoms with Gasteiger partial charge < -0.3 is 69.7 Å². The first-order valence-corrected chi connectivity index (χ1v) is 9.37. The van der Waals surface area contributed by atoms with Crippen LogP contribution >= 0.6 is 7.82 Å². The Labute approximate surface area is 186 Å². The summed E-state index contributed by atoms with van der Waals surface area (Å²) in [6.07, 6.45) is -15.6. The van der Waals surface area contributed by atoms with Gasteiger partial charge in [-0.2, -0.15) is 0 Å². The Kier molecular flexibility index (Phi) is 12.9. The summed E-state index contributed by atoms with van der Waals surface area (Å²) in [5.41, 5.74) is 0. The molecule has 2 heterocycles. The SMILES string of the molecule is O=P([O-])(O)O.OCC1OC(OC2C(CO)OC(O)C(O)C2O)C(O)C(O)C1O.[Na+]. The normalized spacial score (nSPS) is 43.0. The second-order valence-electron chi connectivity index (χ2n) is 6.02. The van der Waals surface area contributed by atoms with E-state index in [0.29, 0.717) is 0 Å². The predicted octanol–water partition coefficient (Wildman–Crippen LogP) is -9.95. The van der Waals surface area contributed by atoms with E-state index in [-0.39, 0.29) is 29.6 Å². The van der Waals surface area contributed by atoms with Gasteiger partial charge in [0, 0.05) is 0 Å². The molecule has 17 heteroatoms. The fraction of sp³-hybridized carbons (Fsp3) is 1.00. The summed E-state index contributed by atoms with van der Waals surface area (Å²) < 4.78 is 24.0. The van der Waals surface area contributed by atoms with Crippen molar-refractivity contribution < 1.29 is 104 Å². The molecule has 0 bridgehead atoms. The van der Waals surface area contributed by atoms with Gasteiger partial charge in [-0.05, 0) is 0 Å². The average Bonchev–Trinajstić information content (AvgIpc) is 2.60. The zero-order valence-corrected chi connectivity index (χ0v) is 18.0. The largest absolute Gasteiger partial charge is 1.00 e. The Bertz CT molecular complexity index is 509. The van der Waals surface area contributed by atoms with Gasteiger partial charge in [-0.15, -0.1) is 0 Å². The van der Waals surface area contributed by atoms with E-state index in [1.807, 2.05) is 0 Å². The first kappa shape index (κ1) is 29.7. The summed E-state index contributed by atoms with van der Waals surface area (Å²) in [6.45, 7) is -1.35. The number of rotatable bonds is 4. The minimum atomic E-state index is -4.89. The van der Waals surface area contributed by atoms with Crippen LogP contribution < -0.4 is 34.5 Å². The molecule has 0 amide bonds. The summed E-state index contributed by atoms with van der Waals surface area (Å²) in [6, 6.07) is 0. The second kappa shape index (κ2) is 12.6. The molecule has 2 saturated heterocycles. The number of phosphoric acid groups is 1. The number of hydrogen-bond acceptors (Lipinski definition) is 13. The molecule has 10 N–H and O–H groups in total. The molecule has 0 spiro atoms. The first-order valence-electron chi connectivity index (χ1n) is 7.84. The number of ether oxygens (including phenoxy) is 3. The molecule has 0 aromatic carbocycles. The van der Waals surface area contributed by atoms with Crippen LogP contribution in [0.2, 0.25) is 0 Å². The third-order valence-corrected chi connectivity index (χ3v) is 3.98. The Morgan fingerprint density at radius 3 is 1.72 bits per heavy atom. The molecule has 2 aliphatic rings.